The lowest BCUT2D eigenvalue weighted by Crippen LogP contribution is -2.24. The second-order valence-corrected chi connectivity index (χ2v) is 5.33. The average molecular weight is 259 g/mol. The van der Waals surface area contributed by atoms with Crippen LogP contribution in [-0.2, 0) is 17.2 Å². The summed E-state index contributed by atoms with van der Waals surface area (Å²) in [6.45, 7) is 3.67. The van der Waals surface area contributed by atoms with Gasteiger partial charge in [0.2, 0.25) is 5.91 Å². The number of rotatable bonds is 4. The van der Waals surface area contributed by atoms with Crippen LogP contribution in [0.25, 0.3) is 0 Å². The summed E-state index contributed by atoms with van der Waals surface area (Å²) in [5, 5.41) is 2.95. The number of nitrogens with zero attached hydrogens (tertiary/aromatic N) is 2. The van der Waals surface area contributed by atoms with Crippen LogP contribution in [0.15, 0.2) is 5.38 Å². The minimum absolute atomic E-state index is 0.259. The van der Waals surface area contributed by atoms with Crippen molar-refractivity contribution in [2.75, 3.05) is 6.54 Å². The van der Waals surface area contributed by atoms with Gasteiger partial charge in [-0.15, -0.1) is 22.9 Å². The van der Waals surface area contributed by atoms with Crippen molar-refractivity contribution in [3.8, 4) is 0 Å². The van der Waals surface area contributed by atoms with Crippen LogP contribution in [-0.4, -0.2) is 22.3 Å². The Bertz CT molecular complexity index is 380. The molecule has 0 spiro atoms. The summed E-state index contributed by atoms with van der Waals surface area (Å²) in [4.78, 5) is 18.0. The van der Waals surface area contributed by atoms with Gasteiger partial charge >= 0.3 is 0 Å². The quantitative estimate of drug-likeness (QED) is 0.778. The molecule has 5 heteroatoms. The Balaban J connectivity index is 1.97. The topological polar surface area (TPSA) is 33.2 Å². The van der Waals surface area contributed by atoms with Crippen molar-refractivity contribution < 1.29 is 4.79 Å². The number of alkyl halides is 1. The van der Waals surface area contributed by atoms with Crippen LogP contribution in [0.3, 0.4) is 0 Å². The second kappa shape index (κ2) is 5.15. The summed E-state index contributed by atoms with van der Waals surface area (Å²) in [6.07, 6.45) is 1.78. The fourth-order valence-electron chi connectivity index (χ4n) is 1.93. The number of amides is 1. The standard InChI is InChI=1S/C11H15ClN2OS/c1-2-8-3-11(15)14(5-8)6-10-13-9(4-12)7-16-10/h7-8H,2-6H2,1H3. The first-order valence-electron chi connectivity index (χ1n) is 5.50. The van der Waals surface area contributed by atoms with Gasteiger partial charge in [0.05, 0.1) is 18.1 Å². The van der Waals surface area contributed by atoms with E-state index >= 15 is 0 Å². The van der Waals surface area contributed by atoms with Crippen LogP contribution in [0.2, 0.25) is 0 Å². The Morgan fingerprint density at radius 1 is 1.69 bits per heavy atom. The van der Waals surface area contributed by atoms with Gasteiger partial charge in [0, 0.05) is 18.3 Å². The molecule has 0 aromatic carbocycles. The highest BCUT2D eigenvalue weighted by molar-refractivity contribution is 7.09. The van der Waals surface area contributed by atoms with Gasteiger partial charge in [0.15, 0.2) is 0 Å². The van der Waals surface area contributed by atoms with Gasteiger partial charge in [0.1, 0.15) is 5.01 Å². The van der Waals surface area contributed by atoms with Gasteiger partial charge < -0.3 is 4.90 Å². The summed E-state index contributed by atoms with van der Waals surface area (Å²) in [7, 11) is 0. The van der Waals surface area contributed by atoms with E-state index < -0.39 is 0 Å². The van der Waals surface area contributed by atoms with E-state index in [1.807, 2.05) is 10.3 Å². The molecule has 1 unspecified atom stereocenters. The molecule has 0 saturated carbocycles. The first kappa shape index (κ1) is 11.9. The van der Waals surface area contributed by atoms with Crippen LogP contribution in [0.5, 0.6) is 0 Å². The largest absolute Gasteiger partial charge is 0.336 e. The summed E-state index contributed by atoms with van der Waals surface area (Å²) in [5.41, 5.74) is 0.903. The zero-order valence-electron chi connectivity index (χ0n) is 9.28. The Morgan fingerprint density at radius 2 is 2.50 bits per heavy atom. The number of carbonyl (C=O) groups excluding carboxylic acids is 1. The summed E-state index contributed by atoms with van der Waals surface area (Å²) >= 11 is 7.28. The van der Waals surface area contributed by atoms with Crippen molar-refractivity contribution >= 4 is 28.8 Å². The molecule has 1 fully saturated rings. The molecule has 0 N–H and O–H groups in total. The highest BCUT2D eigenvalue weighted by Crippen LogP contribution is 2.23. The first-order valence-corrected chi connectivity index (χ1v) is 6.91. The first-order chi connectivity index (χ1) is 7.72. The van der Waals surface area contributed by atoms with Crippen molar-refractivity contribution in [2.24, 2.45) is 5.92 Å². The third kappa shape index (κ3) is 2.55. The highest BCUT2D eigenvalue weighted by atomic mass is 35.5. The SMILES string of the molecule is CCC1CC(=O)N(Cc2nc(CCl)cs2)C1. The third-order valence-corrected chi connectivity index (χ3v) is 4.09. The molecule has 3 nitrogen and oxygen atoms in total. The molecule has 1 aliphatic heterocycles. The van der Waals surface area contributed by atoms with E-state index in [4.69, 9.17) is 11.6 Å². The molecule has 2 heterocycles. The van der Waals surface area contributed by atoms with Crippen LogP contribution in [0.4, 0.5) is 0 Å². The number of thiazole rings is 1. The molecular formula is C11H15ClN2OS. The molecule has 1 saturated heterocycles. The smallest absolute Gasteiger partial charge is 0.223 e. The van der Waals surface area contributed by atoms with Crippen LogP contribution >= 0.6 is 22.9 Å². The Labute approximate surface area is 104 Å². The molecule has 1 aliphatic rings. The molecule has 1 atom stereocenters. The van der Waals surface area contributed by atoms with Crippen molar-refractivity contribution in [2.45, 2.75) is 32.2 Å². The maximum absolute atomic E-state index is 11.7. The molecular weight excluding hydrogens is 244 g/mol. The van der Waals surface area contributed by atoms with Crippen LogP contribution in [0, 0.1) is 5.92 Å². The zero-order chi connectivity index (χ0) is 11.5. The highest BCUT2D eigenvalue weighted by Gasteiger charge is 2.28. The average Bonchev–Trinajstić information content (AvgIpc) is 2.87. The lowest BCUT2D eigenvalue weighted by atomic mass is 10.1. The molecule has 0 bridgehead atoms. The number of aromatic nitrogens is 1. The molecule has 1 aromatic rings. The third-order valence-electron chi connectivity index (χ3n) is 2.93. The van der Waals surface area contributed by atoms with E-state index in [2.05, 4.69) is 11.9 Å². The van der Waals surface area contributed by atoms with Crippen LogP contribution in [0.1, 0.15) is 30.5 Å². The number of likely N-dealkylation sites (tertiary alicyclic amines) is 1. The lowest BCUT2D eigenvalue weighted by molar-refractivity contribution is -0.128. The van der Waals surface area contributed by atoms with Crippen LogP contribution < -0.4 is 0 Å². The van der Waals surface area contributed by atoms with E-state index in [0.29, 0.717) is 24.8 Å². The predicted molar refractivity (Wildman–Crippen MR) is 65.5 cm³/mol. The van der Waals surface area contributed by atoms with E-state index in [1.165, 1.54) is 0 Å². The maximum Gasteiger partial charge on any atom is 0.223 e. The number of carbonyl (C=O) groups is 1. The van der Waals surface area contributed by atoms with E-state index in [0.717, 1.165) is 23.7 Å². The van der Waals surface area contributed by atoms with Gasteiger partial charge in [-0.25, -0.2) is 4.98 Å². The number of halogens is 1. The maximum atomic E-state index is 11.7. The molecule has 2 rings (SSSR count). The van der Waals surface area contributed by atoms with E-state index in [1.54, 1.807) is 11.3 Å². The van der Waals surface area contributed by atoms with Gasteiger partial charge in [-0.1, -0.05) is 13.3 Å². The van der Waals surface area contributed by atoms with Crippen molar-refractivity contribution in [1.82, 2.24) is 9.88 Å². The van der Waals surface area contributed by atoms with E-state index in [-0.39, 0.29) is 5.91 Å². The fraction of sp³-hybridized carbons (Fsp3) is 0.636. The van der Waals surface area contributed by atoms with Gasteiger partial charge in [-0.3, -0.25) is 4.79 Å². The molecule has 88 valence electrons. The normalized spacial score (nSPS) is 20.8. The summed E-state index contributed by atoms with van der Waals surface area (Å²) < 4.78 is 0. The Kier molecular flexibility index (Phi) is 3.82. The molecule has 1 amide bonds. The minimum atomic E-state index is 0.259. The molecule has 16 heavy (non-hydrogen) atoms. The molecule has 1 aromatic heterocycles. The lowest BCUT2D eigenvalue weighted by Gasteiger charge is -2.14. The second-order valence-electron chi connectivity index (χ2n) is 4.12. The number of hydrogen-bond acceptors (Lipinski definition) is 3. The molecule has 0 radical (unpaired) electrons. The van der Waals surface area contributed by atoms with Gasteiger partial charge in [0.25, 0.3) is 0 Å². The van der Waals surface area contributed by atoms with Crippen molar-refractivity contribution in [3.05, 3.63) is 16.1 Å². The monoisotopic (exact) mass is 258 g/mol. The van der Waals surface area contributed by atoms with E-state index in [9.17, 15) is 4.79 Å². The fourth-order valence-corrected chi connectivity index (χ4v) is 2.96. The predicted octanol–water partition coefficient (Wildman–Crippen LogP) is 2.64. The summed E-state index contributed by atoms with van der Waals surface area (Å²) in [5.74, 6) is 1.23. The van der Waals surface area contributed by atoms with Crippen molar-refractivity contribution in [1.29, 1.82) is 0 Å². The Morgan fingerprint density at radius 3 is 3.06 bits per heavy atom. The Hall–Kier alpha value is -0.610. The molecule has 0 aliphatic carbocycles. The van der Waals surface area contributed by atoms with Crippen molar-refractivity contribution in [3.63, 3.8) is 0 Å². The number of hydrogen-bond donors (Lipinski definition) is 0. The zero-order valence-corrected chi connectivity index (χ0v) is 10.9. The van der Waals surface area contributed by atoms with Gasteiger partial charge in [-0.05, 0) is 5.92 Å². The van der Waals surface area contributed by atoms with Gasteiger partial charge in [-0.2, -0.15) is 0 Å². The minimum Gasteiger partial charge on any atom is -0.336 e. The summed E-state index contributed by atoms with van der Waals surface area (Å²) in [6, 6.07) is 0.